The Hall–Kier alpha value is -4.10. The Morgan fingerprint density at radius 3 is 1.27 bits per heavy atom. The summed E-state index contributed by atoms with van der Waals surface area (Å²) in [6.07, 6.45) is 58.3. The van der Waals surface area contributed by atoms with Gasteiger partial charge in [0.1, 0.15) is 18.8 Å². The van der Waals surface area contributed by atoms with Gasteiger partial charge in [0.15, 0.2) is 24.6 Å². The number of unbranched alkanes of at least 4 members (excludes halogenated alkanes) is 25. The molecule has 12 nitrogen and oxygen atoms in total. The number of hydrogen-bond acceptors (Lipinski definition) is 11. The fraction of sp³-hybridized carbons (Fsp3) is 0.731. The minimum atomic E-state index is -1.91. The molecule has 1 saturated heterocycles. The lowest BCUT2D eigenvalue weighted by molar-refractivity contribution is -0.301. The Morgan fingerprint density at radius 2 is 0.810 bits per heavy atom. The summed E-state index contributed by atoms with van der Waals surface area (Å²) < 4.78 is 28.5. The third kappa shape index (κ3) is 44.3. The minimum absolute atomic E-state index is 0.0457. The standard InChI is InChI=1S/C67H112O12/c1-4-7-10-13-16-19-22-24-26-28-30-32-34-36-39-41-44-47-50-53-59(68)75-56-58(77-60(69)54-51-48-45-43-40-37-35-33-31-29-27-25-23-20-17-14-11-8-5-2)57-76-67-65(63(72)62(71)64(79-67)66(73)74)78-61(70)55-52-49-46-42-38-21-18-15-12-9-6-3/h7,10,15-20,24-27,30,32,58,62-65,67,71-72H,4-6,8-9,11-14,21-23,28-29,31,33-57H2,1-3H3,(H,73,74)/b10-7-,18-15-,19-16-,20-17-,26-24-,27-25-,32-30-. The molecule has 1 heterocycles. The van der Waals surface area contributed by atoms with Gasteiger partial charge in [0.2, 0.25) is 0 Å². The Balaban J connectivity index is 2.67. The van der Waals surface area contributed by atoms with E-state index >= 15 is 0 Å². The molecule has 79 heavy (non-hydrogen) atoms. The van der Waals surface area contributed by atoms with Gasteiger partial charge in [0.25, 0.3) is 0 Å². The summed E-state index contributed by atoms with van der Waals surface area (Å²) in [7, 11) is 0. The van der Waals surface area contributed by atoms with Gasteiger partial charge < -0.3 is 39.0 Å². The summed E-state index contributed by atoms with van der Waals surface area (Å²) in [5.74, 6) is -3.15. The summed E-state index contributed by atoms with van der Waals surface area (Å²) in [6.45, 7) is 5.81. The molecule has 6 unspecified atom stereocenters. The molecule has 0 aromatic heterocycles. The lowest BCUT2D eigenvalue weighted by Gasteiger charge is -2.40. The van der Waals surface area contributed by atoms with E-state index in [2.05, 4.69) is 106 Å². The van der Waals surface area contributed by atoms with Gasteiger partial charge in [-0.15, -0.1) is 0 Å². The van der Waals surface area contributed by atoms with Crippen molar-refractivity contribution < 1.29 is 58.2 Å². The lowest BCUT2D eigenvalue weighted by atomic mass is 9.98. The van der Waals surface area contributed by atoms with Gasteiger partial charge in [-0.05, 0) is 109 Å². The highest BCUT2D eigenvalue weighted by Gasteiger charge is 2.50. The molecule has 0 radical (unpaired) electrons. The number of aliphatic carboxylic acids is 1. The van der Waals surface area contributed by atoms with Crippen molar-refractivity contribution in [1.29, 1.82) is 0 Å². The number of aliphatic hydroxyl groups excluding tert-OH is 2. The predicted molar refractivity (Wildman–Crippen MR) is 321 cm³/mol. The highest BCUT2D eigenvalue weighted by atomic mass is 16.7. The summed E-state index contributed by atoms with van der Waals surface area (Å²) in [5.41, 5.74) is 0. The number of aliphatic hydroxyl groups is 2. The molecule has 0 saturated carbocycles. The highest BCUT2D eigenvalue weighted by Crippen LogP contribution is 2.26. The second-order valence-corrected chi connectivity index (χ2v) is 21.3. The quantitative estimate of drug-likeness (QED) is 0.0228. The second-order valence-electron chi connectivity index (χ2n) is 21.3. The van der Waals surface area contributed by atoms with Crippen molar-refractivity contribution in [2.24, 2.45) is 0 Å². The average Bonchev–Trinajstić information content (AvgIpc) is 3.47. The van der Waals surface area contributed by atoms with Crippen LogP contribution in [-0.4, -0.2) is 89.2 Å². The molecule has 6 atom stereocenters. The highest BCUT2D eigenvalue weighted by molar-refractivity contribution is 5.74. The van der Waals surface area contributed by atoms with E-state index < -0.39 is 67.3 Å². The Kier molecular flexibility index (Phi) is 50.3. The molecular weight excluding hydrogens is 997 g/mol. The first-order chi connectivity index (χ1) is 38.6. The largest absolute Gasteiger partial charge is 0.479 e. The molecule has 1 fully saturated rings. The smallest absolute Gasteiger partial charge is 0.335 e. The third-order valence-corrected chi connectivity index (χ3v) is 13.9. The van der Waals surface area contributed by atoms with Crippen LogP contribution in [0.1, 0.15) is 265 Å². The van der Waals surface area contributed by atoms with Crippen LogP contribution in [0.15, 0.2) is 85.1 Å². The SMILES string of the molecule is CC/C=C\C/C=C\C/C=C\C/C=C\CCCCCCCCC(=O)OCC(COC1OC(C(=O)O)C(O)C(O)C1OC(=O)CCCCCCC/C=C\CCCC)OC(=O)CCCCCCCCCCC/C=C\C/C=C\CCCCC. The molecule has 1 rings (SSSR count). The van der Waals surface area contributed by atoms with Crippen molar-refractivity contribution in [3.8, 4) is 0 Å². The van der Waals surface area contributed by atoms with E-state index in [4.69, 9.17) is 23.7 Å². The molecule has 0 spiro atoms. The van der Waals surface area contributed by atoms with Crippen molar-refractivity contribution in [1.82, 2.24) is 0 Å². The summed E-state index contributed by atoms with van der Waals surface area (Å²) in [5, 5.41) is 31.5. The van der Waals surface area contributed by atoms with Crippen LogP contribution in [0.5, 0.6) is 0 Å². The number of allylic oxidation sites excluding steroid dienone is 14. The topological polar surface area (TPSA) is 175 Å². The zero-order valence-corrected chi connectivity index (χ0v) is 49.8. The molecule has 3 N–H and O–H groups in total. The van der Waals surface area contributed by atoms with Crippen LogP contribution in [0.3, 0.4) is 0 Å². The molecular formula is C67H112O12. The second kappa shape index (κ2) is 54.5. The van der Waals surface area contributed by atoms with Crippen molar-refractivity contribution in [3.63, 3.8) is 0 Å². The number of esters is 3. The van der Waals surface area contributed by atoms with Crippen LogP contribution in [0, 0.1) is 0 Å². The summed E-state index contributed by atoms with van der Waals surface area (Å²) >= 11 is 0. The van der Waals surface area contributed by atoms with Crippen LogP contribution in [0.2, 0.25) is 0 Å². The zero-order valence-electron chi connectivity index (χ0n) is 49.8. The van der Waals surface area contributed by atoms with Crippen LogP contribution in [0.4, 0.5) is 0 Å². The van der Waals surface area contributed by atoms with Crippen LogP contribution in [-0.2, 0) is 42.9 Å². The zero-order chi connectivity index (χ0) is 57.5. The fourth-order valence-electron chi connectivity index (χ4n) is 9.08. The van der Waals surface area contributed by atoms with Gasteiger partial charge >= 0.3 is 23.9 Å². The van der Waals surface area contributed by atoms with Crippen molar-refractivity contribution in [2.45, 2.75) is 302 Å². The van der Waals surface area contributed by atoms with Crippen LogP contribution >= 0.6 is 0 Å². The van der Waals surface area contributed by atoms with Crippen LogP contribution < -0.4 is 0 Å². The Morgan fingerprint density at radius 1 is 0.430 bits per heavy atom. The Labute approximate surface area is 480 Å². The molecule has 1 aliphatic rings. The van der Waals surface area contributed by atoms with E-state index in [9.17, 15) is 34.5 Å². The first-order valence-corrected chi connectivity index (χ1v) is 31.6. The number of hydrogen-bond donors (Lipinski definition) is 3. The number of ether oxygens (including phenoxy) is 5. The van der Waals surface area contributed by atoms with Gasteiger partial charge in [-0.3, -0.25) is 14.4 Å². The number of carboxylic acid groups (broad SMARTS) is 1. The first kappa shape index (κ1) is 72.9. The van der Waals surface area contributed by atoms with Gasteiger partial charge in [-0.1, -0.05) is 221 Å². The molecule has 12 heteroatoms. The van der Waals surface area contributed by atoms with Crippen LogP contribution in [0.25, 0.3) is 0 Å². The first-order valence-electron chi connectivity index (χ1n) is 31.6. The number of carbonyl (C=O) groups excluding carboxylic acids is 3. The minimum Gasteiger partial charge on any atom is -0.479 e. The summed E-state index contributed by atoms with van der Waals surface area (Å²) in [6, 6.07) is 0. The van der Waals surface area contributed by atoms with E-state index in [1.807, 2.05) is 0 Å². The van der Waals surface area contributed by atoms with Gasteiger partial charge in [0.05, 0.1) is 6.61 Å². The molecule has 0 bridgehead atoms. The molecule has 452 valence electrons. The van der Waals surface area contributed by atoms with Gasteiger partial charge in [0, 0.05) is 19.3 Å². The van der Waals surface area contributed by atoms with E-state index in [-0.39, 0.29) is 25.9 Å². The molecule has 0 aromatic rings. The molecule has 0 aromatic carbocycles. The maximum atomic E-state index is 13.2. The lowest BCUT2D eigenvalue weighted by Crippen LogP contribution is -2.61. The molecule has 0 amide bonds. The number of rotatable bonds is 53. The third-order valence-electron chi connectivity index (χ3n) is 13.9. The van der Waals surface area contributed by atoms with Crippen molar-refractivity contribution in [2.75, 3.05) is 13.2 Å². The monoisotopic (exact) mass is 1110 g/mol. The van der Waals surface area contributed by atoms with Gasteiger partial charge in [-0.25, -0.2) is 4.79 Å². The average molecular weight is 1110 g/mol. The Bertz CT molecular complexity index is 1700. The summed E-state index contributed by atoms with van der Waals surface area (Å²) in [4.78, 5) is 51.2. The predicted octanol–water partition coefficient (Wildman–Crippen LogP) is 16.7. The number of carboxylic acids is 1. The number of carbonyl (C=O) groups is 4. The molecule has 1 aliphatic heterocycles. The van der Waals surface area contributed by atoms with E-state index in [1.165, 1.54) is 64.2 Å². The molecule has 0 aliphatic carbocycles. The normalized spacial score (nSPS) is 18.4. The van der Waals surface area contributed by atoms with Crippen molar-refractivity contribution in [3.05, 3.63) is 85.1 Å². The van der Waals surface area contributed by atoms with Gasteiger partial charge in [-0.2, -0.15) is 0 Å². The maximum absolute atomic E-state index is 13.2. The fourth-order valence-corrected chi connectivity index (χ4v) is 9.08. The van der Waals surface area contributed by atoms with E-state index in [0.717, 1.165) is 141 Å². The maximum Gasteiger partial charge on any atom is 0.335 e. The van der Waals surface area contributed by atoms with Crippen molar-refractivity contribution >= 4 is 23.9 Å². The van der Waals surface area contributed by atoms with E-state index in [0.29, 0.717) is 19.3 Å². The van der Waals surface area contributed by atoms with E-state index in [1.54, 1.807) is 0 Å².